The van der Waals surface area contributed by atoms with Crippen LogP contribution in [0.15, 0.2) is 109 Å². The molecule has 0 radical (unpaired) electrons. The molecular weight excluding hydrogens is 424 g/mol. The number of hydrogen-bond donors (Lipinski definition) is 0. The summed E-state index contributed by atoms with van der Waals surface area (Å²) >= 11 is 0. The van der Waals surface area contributed by atoms with Gasteiger partial charge in [0.2, 0.25) is 0 Å². The van der Waals surface area contributed by atoms with Crippen LogP contribution in [-0.2, 0) is 22.7 Å². The first-order chi connectivity index (χ1) is 16.7. The number of carbonyl (C=O) groups excluding carboxylic acids is 2. The van der Waals surface area contributed by atoms with Crippen LogP contribution in [-0.4, -0.2) is 11.9 Å². The maximum atomic E-state index is 12.8. The molecule has 166 valence electrons. The number of carbonyl (C=O) groups is 2. The van der Waals surface area contributed by atoms with Gasteiger partial charge >= 0.3 is 11.9 Å². The highest BCUT2D eigenvalue weighted by Gasteiger charge is 2.19. The molecule has 4 nitrogen and oxygen atoms in total. The van der Waals surface area contributed by atoms with Gasteiger partial charge in [-0.2, -0.15) is 0 Å². The van der Waals surface area contributed by atoms with Crippen LogP contribution in [0.2, 0.25) is 0 Å². The van der Waals surface area contributed by atoms with E-state index in [1.165, 1.54) is 0 Å². The lowest BCUT2D eigenvalue weighted by Gasteiger charge is -2.11. The van der Waals surface area contributed by atoms with Crippen molar-refractivity contribution in [1.29, 1.82) is 0 Å². The van der Waals surface area contributed by atoms with E-state index in [-0.39, 0.29) is 24.3 Å². The summed E-state index contributed by atoms with van der Waals surface area (Å²) in [6, 6.07) is 34.4. The minimum absolute atomic E-state index is 0.115. The maximum absolute atomic E-state index is 12.8. The van der Waals surface area contributed by atoms with Crippen molar-refractivity contribution in [3.63, 3.8) is 0 Å². The zero-order valence-corrected chi connectivity index (χ0v) is 18.4. The van der Waals surface area contributed by atoms with Crippen molar-refractivity contribution in [2.24, 2.45) is 0 Å². The second kappa shape index (κ2) is 9.59. The molecule has 5 aromatic rings. The van der Waals surface area contributed by atoms with Gasteiger partial charge in [0, 0.05) is 0 Å². The number of fused-ring (bicyclic) bond motifs is 2. The zero-order chi connectivity index (χ0) is 23.3. The van der Waals surface area contributed by atoms with Crippen LogP contribution < -0.4 is 0 Å². The predicted octanol–water partition coefficient (Wildman–Crippen LogP) is 6.71. The third-order valence-electron chi connectivity index (χ3n) is 5.73. The Morgan fingerprint density at radius 1 is 0.471 bits per heavy atom. The quantitative estimate of drug-likeness (QED) is 0.272. The number of esters is 2. The largest absolute Gasteiger partial charge is 0.457 e. The monoisotopic (exact) mass is 446 g/mol. The Kier molecular flexibility index (Phi) is 6.04. The standard InChI is InChI=1S/C30H22O4/c31-29(33-19-21-13-15-23-7-1-3-9-25(23)17-21)27-11-5-6-12-28(27)30(32)34-20-22-14-16-24-8-2-4-10-26(24)18-22/h1-18H,19-20H2. The van der Waals surface area contributed by atoms with Crippen molar-refractivity contribution in [2.45, 2.75) is 13.2 Å². The second-order valence-corrected chi connectivity index (χ2v) is 8.06. The smallest absolute Gasteiger partial charge is 0.339 e. The van der Waals surface area contributed by atoms with E-state index >= 15 is 0 Å². The van der Waals surface area contributed by atoms with Gasteiger partial charge in [0.25, 0.3) is 0 Å². The van der Waals surface area contributed by atoms with Gasteiger partial charge < -0.3 is 9.47 Å². The van der Waals surface area contributed by atoms with Crippen molar-refractivity contribution >= 4 is 33.5 Å². The minimum atomic E-state index is -0.564. The highest BCUT2D eigenvalue weighted by molar-refractivity contribution is 6.03. The van der Waals surface area contributed by atoms with Crippen molar-refractivity contribution in [3.8, 4) is 0 Å². The Hall–Kier alpha value is -4.44. The normalized spacial score (nSPS) is 10.8. The molecule has 5 rings (SSSR count). The lowest BCUT2D eigenvalue weighted by Crippen LogP contribution is -2.14. The van der Waals surface area contributed by atoms with E-state index in [1.807, 2.05) is 84.9 Å². The molecule has 5 aromatic carbocycles. The van der Waals surface area contributed by atoms with E-state index in [0.717, 1.165) is 32.7 Å². The molecule has 0 heterocycles. The molecule has 0 bridgehead atoms. The van der Waals surface area contributed by atoms with Gasteiger partial charge in [-0.1, -0.05) is 84.9 Å². The van der Waals surface area contributed by atoms with Crippen LogP contribution in [0.4, 0.5) is 0 Å². The molecule has 0 N–H and O–H groups in total. The van der Waals surface area contributed by atoms with Crippen molar-refractivity contribution < 1.29 is 19.1 Å². The molecule has 0 aromatic heterocycles. The van der Waals surface area contributed by atoms with Gasteiger partial charge in [0.1, 0.15) is 13.2 Å². The summed E-state index contributed by atoms with van der Waals surface area (Å²) < 4.78 is 11.0. The molecule has 0 amide bonds. The molecule has 34 heavy (non-hydrogen) atoms. The van der Waals surface area contributed by atoms with E-state index in [9.17, 15) is 9.59 Å². The summed E-state index contributed by atoms with van der Waals surface area (Å²) in [4.78, 5) is 25.6. The first-order valence-corrected chi connectivity index (χ1v) is 11.1. The Morgan fingerprint density at radius 3 is 1.29 bits per heavy atom. The summed E-state index contributed by atoms with van der Waals surface area (Å²) in [7, 11) is 0. The van der Waals surface area contributed by atoms with Gasteiger partial charge in [0.15, 0.2) is 0 Å². The summed E-state index contributed by atoms with van der Waals surface area (Å²) in [5, 5.41) is 4.40. The van der Waals surface area contributed by atoms with Crippen LogP contribution in [0.1, 0.15) is 31.8 Å². The fourth-order valence-electron chi connectivity index (χ4n) is 3.95. The molecule has 0 saturated heterocycles. The summed E-state index contributed by atoms with van der Waals surface area (Å²) in [6.07, 6.45) is 0. The summed E-state index contributed by atoms with van der Waals surface area (Å²) in [5.74, 6) is -1.13. The first kappa shape index (κ1) is 21.4. The zero-order valence-electron chi connectivity index (χ0n) is 18.4. The molecule has 0 saturated carbocycles. The third kappa shape index (κ3) is 4.66. The molecule has 0 aliphatic heterocycles. The average Bonchev–Trinajstić information content (AvgIpc) is 2.90. The van der Waals surface area contributed by atoms with Gasteiger partial charge in [-0.25, -0.2) is 9.59 Å². The van der Waals surface area contributed by atoms with E-state index < -0.39 is 11.9 Å². The molecule has 0 aliphatic carbocycles. The Labute approximate surface area is 197 Å². The van der Waals surface area contributed by atoms with Crippen molar-refractivity contribution in [3.05, 3.63) is 131 Å². The van der Waals surface area contributed by atoms with Crippen LogP contribution in [0.25, 0.3) is 21.5 Å². The Morgan fingerprint density at radius 2 is 0.853 bits per heavy atom. The summed E-state index contributed by atoms with van der Waals surface area (Å²) in [5.41, 5.74) is 2.13. The van der Waals surface area contributed by atoms with E-state index in [1.54, 1.807) is 24.3 Å². The average molecular weight is 447 g/mol. The van der Waals surface area contributed by atoms with Crippen molar-refractivity contribution in [2.75, 3.05) is 0 Å². The van der Waals surface area contributed by atoms with Gasteiger partial charge in [-0.15, -0.1) is 0 Å². The molecule has 0 spiro atoms. The van der Waals surface area contributed by atoms with Crippen LogP contribution in [0.5, 0.6) is 0 Å². The van der Waals surface area contributed by atoms with E-state index in [0.29, 0.717) is 0 Å². The topological polar surface area (TPSA) is 52.6 Å². The Balaban J connectivity index is 1.26. The molecule has 0 aliphatic rings. The maximum Gasteiger partial charge on any atom is 0.339 e. The predicted molar refractivity (Wildman–Crippen MR) is 133 cm³/mol. The molecular formula is C30H22O4. The number of ether oxygens (including phenoxy) is 2. The number of hydrogen-bond acceptors (Lipinski definition) is 4. The fraction of sp³-hybridized carbons (Fsp3) is 0.0667. The third-order valence-corrected chi connectivity index (χ3v) is 5.73. The fourth-order valence-corrected chi connectivity index (χ4v) is 3.95. The SMILES string of the molecule is O=C(OCc1ccc2ccccc2c1)c1ccccc1C(=O)OCc1ccc2ccccc2c1. The first-order valence-electron chi connectivity index (χ1n) is 11.1. The molecule has 0 fully saturated rings. The van der Waals surface area contributed by atoms with Crippen LogP contribution in [0.3, 0.4) is 0 Å². The van der Waals surface area contributed by atoms with Gasteiger partial charge in [-0.3, -0.25) is 0 Å². The van der Waals surface area contributed by atoms with Crippen molar-refractivity contribution in [1.82, 2.24) is 0 Å². The number of benzene rings is 5. The lowest BCUT2D eigenvalue weighted by molar-refractivity contribution is 0.0425. The lowest BCUT2D eigenvalue weighted by atomic mass is 10.1. The van der Waals surface area contributed by atoms with Gasteiger partial charge in [-0.05, 0) is 56.9 Å². The van der Waals surface area contributed by atoms with Crippen LogP contribution >= 0.6 is 0 Å². The highest BCUT2D eigenvalue weighted by Crippen LogP contribution is 2.19. The second-order valence-electron chi connectivity index (χ2n) is 8.06. The minimum Gasteiger partial charge on any atom is -0.457 e. The Bertz CT molecular complexity index is 1390. The number of rotatable bonds is 6. The van der Waals surface area contributed by atoms with E-state index in [2.05, 4.69) is 0 Å². The molecule has 0 atom stereocenters. The van der Waals surface area contributed by atoms with Gasteiger partial charge in [0.05, 0.1) is 11.1 Å². The van der Waals surface area contributed by atoms with Crippen LogP contribution in [0, 0.1) is 0 Å². The molecule has 4 heteroatoms. The molecule has 0 unspecified atom stereocenters. The highest BCUT2D eigenvalue weighted by atomic mass is 16.5. The van der Waals surface area contributed by atoms with E-state index in [4.69, 9.17) is 9.47 Å². The summed E-state index contributed by atoms with van der Waals surface area (Å²) in [6.45, 7) is 0.230.